The number of anilines is 1. The van der Waals surface area contributed by atoms with Crippen molar-refractivity contribution in [2.45, 2.75) is 6.92 Å². The van der Waals surface area contributed by atoms with Gasteiger partial charge in [-0.1, -0.05) is 18.2 Å². The van der Waals surface area contributed by atoms with Crippen LogP contribution in [0.15, 0.2) is 66.9 Å². The lowest BCUT2D eigenvalue weighted by Gasteiger charge is -2.09. The summed E-state index contributed by atoms with van der Waals surface area (Å²) in [4.78, 5) is 21.3. The molecule has 0 saturated heterocycles. The number of benzene rings is 2. The molecular weight excluding hydrogens is 376 g/mol. The van der Waals surface area contributed by atoms with Crippen molar-refractivity contribution in [3.05, 3.63) is 83.8 Å². The van der Waals surface area contributed by atoms with E-state index >= 15 is 0 Å². The van der Waals surface area contributed by atoms with Crippen LogP contribution in [-0.4, -0.2) is 33.5 Å². The largest absolute Gasteiger partial charge is 0.367 e. The summed E-state index contributed by atoms with van der Waals surface area (Å²) < 4.78 is 2.07. The third kappa shape index (κ3) is 3.84. The van der Waals surface area contributed by atoms with Gasteiger partial charge in [0.1, 0.15) is 17.7 Å². The van der Waals surface area contributed by atoms with Crippen molar-refractivity contribution in [1.29, 1.82) is 5.26 Å². The summed E-state index contributed by atoms with van der Waals surface area (Å²) in [7, 11) is 0. The zero-order valence-corrected chi connectivity index (χ0v) is 16.5. The Morgan fingerprint density at radius 1 is 1.10 bits per heavy atom. The lowest BCUT2D eigenvalue weighted by atomic mass is 10.2. The monoisotopic (exact) mass is 396 g/mol. The molecule has 2 aromatic carbocycles. The van der Waals surface area contributed by atoms with Gasteiger partial charge in [-0.25, -0.2) is 9.97 Å². The van der Waals surface area contributed by atoms with E-state index in [4.69, 9.17) is 5.26 Å². The Kier molecular flexibility index (Phi) is 5.39. The van der Waals surface area contributed by atoms with Crippen molar-refractivity contribution in [3.8, 4) is 11.8 Å². The molecule has 2 N–H and O–H groups in total. The molecular formula is C23H20N6O. The van der Waals surface area contributed by atoms with Crippen molar-refractivity contribution >= 4 is 22.8 Å². The van der Waals surface area contributed by atoms with Crippen LogP contribution in [0.1, 0.15) is 21.7 Å². The molecule has 148 valence electrons. The van der Waals surface area contributed by atoms with Gasteiger partial charge < -0.3 is 10.6 Å². The van der Waals surface area contributed by atoms with Crippen LogP contribution >= 0.6 is 0 Å². The fourth-order valence-electron chi connectivity index (χ4n) is 3.34. The van der Waals surface area contributed by atoms with Gasteiger partial charge in [-0.2, -0.15) is 5.26 Å². The molecule has 7 heteroatoms. The van der Waals surface area contributed by atoms with Crippen molar-refractivity contribution in [2.75, 3.05) is 18.4 Å². The van der Waals surface area contributed by atoms with Gasteiger partial charge in [0.25, 0.3) is 5.91 Å². The van der Waals surface area contributed by atoms with E-state index in [0.717, 1.165) is 22.5 Å². The van der Waals surface area contributed by atoms with Crippen LogP contribution in [-0.2, 0) is 0 Å². The number of hydrogen-bond donors (Lipinski definition) is 2. The van der Waals surface area contributed by atoms with E-state index in [1.807, 2.05) is 43.3 Å². The molecule has 1 amide bonds. The Morgan fingerprint density at radius 2 is 1.93 bits per heavy atom. The smallest absolute Gasteiger partial charge is 0.251 e. The van der Waals surface area contributed by atoms with E-state index < -0.39 is 0 Å². The highest BCUT2D eigenvalue weighted by atomic mass is 16.1. The fourth-order valence-corrected chi connectivity index (χ4v) is 3.34. The topological polar surface area (TPSA) is 95.6 Å². The van der Waals surface area contributed by atoms with Gasteiger partial charge in [0.2, 0.25) is 0 Å². The highest BCUT2D eigenvalue weighted by Gasteiger charge is 2.12. The van der Waals surface area contributed by atoms with Gasteiger partial charge in [0.05, 0.1) is 16.6 Å². The number of nitrogens with zero attached hydrogens (tertiary/aromatic N) is 4. The Bertz CT molecular complexity index is 1240. The van der Waals surface area contributed by atoms with Crippen molar-refractivity contribution in [3.63, 3.8) is 0 Å². The molecule has 2 heterocycles. The Labute approximate surface area is 174 Å². The van der Waals surface area contributed by atoms with Crippen LogP contribution in [0.3, 0.4) is 0 Å². The van der Waals surface area contributed by atoms with Crippen molar-refractivity contribution in [2.24, 2.45) is 0 Å². The number of nitriles is 1. The fraction of sp³-hybridized carbons (Fsp3) is 0.130. The Hall–Kier alpha value is -4.18. The second-order valence-electron chi connectivity index (χ2n) is 6.73. The van der Waals surface area contributed by atoms with Gasteiger partial charge in [-0.05, 0) is 49.4 Å². The zero-order chi connectivity index (χ0) is 20.9. The number of hydrogen-bond acceptors (Lipinski definition) is 5. The molecule has 2 aromatic heterocycles. The lowest BCUT2D eigenvalue weighted by Crippen LogP contribution is -2.29. The molecule has 0 aliphatic heterocycles. The first-order chi connectivity index (χ1) is 14.7. The van der Waals surface area contributed by atoms with Gasteiger partial charge in [0.15, 0.2) is 0 Å². The zero-order valence-electron chi connectivity index (χ0n) is 16.5. The predicted octanol–water partition coefficient (Wildman–Crippen LogP) is 3.44. The molecule has 0 bridgehead atoms. The quantitative estimate of drug-likeness (QED) is 0.487. The minimum Gasteiger partial charge on any atom is -0.367 e. The molecule has 0 spiro atoms. The molecule has 0 radical (unpaired) electrons. The van der Waals surface area contributed by atoms with E-state index in [1.165, 1.54) is 0 Å². The lowest BCUT2D eigenvalue weighted by molar-refractivity contribution is 0.0955. The molecule has 7 nitrogen and oxygen atoms in total. The summed E-state index contributed by atoms with van der Waals surface area (Å²) >= 11 is 0. The maximum Gasteiger partial charge on any atom is 0.251 e. The molecule has 0 aliphatic rings. The SMILES string of the molecule is Cc1nc2cc(C(=O)NCCNc3ncccc3C#N)ccc2n1-c1ccccc1. The number of para-hydroxylation sites is 1. The number of aromatic nitrogens is 3. The van der Waals surface area contributed by atoms with E-state index in [9.17, 15) is 4.79 Å². The van der Waals surface area contributed by atoms with E-state index in [0.29, 0.717) is 30.0 Å². The summed E-state index contributed by atoms with van der Waals surface area (Å²) in [6.07, 6.45) is 1.62. The maximum absolute atomic E-state index is 12.5. The van der Waals surface area contributed by atoms with Crippen LogP contribution in [0.25, 0.3) is 16.7 Å². The third-order valence-electron chi connectivity index (χ3n) is 4.73. The molecule has 0 unspecified atom stereocenters. The van der Waals surface area contributed by atoms with Gasteiger partial charge >= 0.3 is 0 Å². The predicted molar refractivity (Wildman–Crippen MR) is 116 cm³/mol. The molecule has 4 aromatic rings. The number of pyridine rings is 1. The van der Waals surface area contributed by atoms with Crippen molar-refractivity contribution in [1.82, 2.24) is 19.9 Å². The summed E-state index contributed by atoms with van der Waals surface area (Å²) in [6, 6.07) is 21.0. The third-order valence-corrected chi connectivity index (χ3v) is 4.73. The Morgan fingerprint density at radius 3 is 2.73 bits per heavy atom. The first-order valence-corrected chi connectivity index (χ1v) is 9.59. The van der Waals surface area contributed by atoms with Crippen LogP contribution in [0.4, 0.5) is 5.82 Å². The summed E-state index contributed by atoms with van der Waals surface area (Å²) in [5, 5.41) is 15.0. The number of fused-ring (bicyclic) bond motifs is 1. The highest BCUT2D eigenvalue weighted by Crippen LogP contribution is 2.22. The number of carbonyl (C=O) groups excluding carboxylic acids is 1. The first-order valence-electron chi connectivity index (χ1n) is 9.59. The highest BCUT2D eigenvalue weighted by molar-refractivity contribution is 5.97. The number of nitrogens with one attached hydrogen (secondary N) is 2. The molecule has 4 rings (SSSR count). The minimum absolute atomic E-state index is 0.174. The Balaban J connectivity index is 1.43. The summed E-state index contributed by atoms with van der Waals surface area (Å²) in [6.45, 7) is 2.81. The number of aryl methyl sites for hydroxylation is 1. The van der Waals surface area contributed by atoms with E-state index in [-0.39, 0.29) is 5.91 Å². The molecule has 30 heavy (non-hydrogen) atoms. The first kappa shape index (κ1) is 19.2. The number of rotatable bonds is 6. The van der Waals surface area contributed by atoms with Crippen LogP contribution in [0.2, 0.25) is 0 Å². The average Bonchev–Trinajstić information content (AvgIpc) is 3.12. The number of amides is 1. The van der Waals surface area contributed by atoms with E-state index in [1.54, 1.807) is 30.5 Å². The van der Waals surface area contributed by atoms with Crippen LogP contribution in [0, 0.1) is 18.3 Å². The van der Waals surface area contributed by atoms with Crippen LogP contribution < -0.4 is 10.6 Å². The normalized spacial score (nSPS) is 10.5. The number of carbonyl (C=O) groups is 1. The molecule has 0 atom stereocenters. The average molecular weight is 396 g/mol. The van der Waals surface area contributed by atoms with Gasteiger partial charge in [-0.15, -0.1) is 0 Å². The maximum atomic E-state index is 12.5. The molecule has 0 aliphatic carbocycles. The summed E-state index contributed by atoms with van der Waals surface area (Å²) in [5.74, 6) is 1.20. The van der Waals surface area contributed by atoms with E-state index in [2.05, 4.69) is 31.2 Å². The molecule has 0 saturated carbocycles. The molecule has 0 fully saturated rings. The number of imidazole rings is 1. The minimum atomic E-state index is -0.174. The second-order valence-corrected chi connectivity index (χ2v) is 6.73. The van der Waals surface area contributed by atoms with Crippen molar-refractivity contribution < 1.29 is 4.79 Å². The standard InChI is InChI=1S/C23H20N6O/c1-16-28-20-14-17(9-10-21(20)29(16)19-7-3-2-4-8-19)23(30)27-13-12-26-22-18(15-24)6-5-11-25-22/h2-11,14H,12-13H2,1H3,(H,25,26)(H,27,30). The van der Waals surface area contributed by atoms with Gasteiger partial charge in [0, 0.05) is 30.5 Å². The van der Waals surface area contributed by atoms with Gasteiger partial charge in [-0.3, -0.25) is 9.36 Å². The summed E-state index contributed by atoms with van der Waals surface area (Å²) in [5.41, 5.74) is 3.78. The van der Waals surface area contributed by atoms with Crippen LogP contribution in [0.5, 0.6) is 0 Å². The second kappa shape index (κ2) is 8.45.